The van der Waals surface area contributed by atoms with E-state index in [4.69, 9.17) is 21.1 Å². The molecule has 1 saturated heterocycles. The summed E-state index contributed by atoms with van der Waals surface area (Å²) in [7, 11) is 0. The molecule has 3 fully saturated rings. The van der Waals surface area contributed by atoms with Crippen molar-refractivity contribution in [2.24, 2.45) is 23.7 Å². The van der Waals surface area contributed by atoms with E-state index in [0.717, 1.165) is 12.0 Å². The van der Waals surface area contributed by atoms with Gasteiger partial charge >= 0.3 is 11.9 Å². The number of ether oxygens (including phenoxy) is 2. The molecule has 6 nitrogen and oxygen atoms in total. The highest BCUT2D eigenvalue weighted by Crippen LogP contribution is 2.60. The molecule has 2 bridgehead atoms. The van der Waals surface area contributed by atoms with Gasteiger partial charge < -0.3 is 14.8 Å². The molecule has 2 saturated carbocycles. The Morgan fingerprint density at radius 2 is 2.15 bits per heavy atom. The summed E-state index contributed by atoms with van der Waals surface area (Å²) in [5.74, 6) is -2.20. The van der Waals surface area contributed by atoms with Crippen LogP contribution in [0.15, 0.2) is 18.2 Å². The van der Waals surface area contributed by atoms with Gasteiger partial charge in [-0.1, -0.05) is 33.6 Å². The largest absolute Gasteiger partial charge is 0.461 e. The summed E-state index contributed by atoms with van der Waals surface area (Å²) in [4.78, 5) is 36.7. The van der Waals surface area contributed by atoms with Gasteiger partial charge in [-0.3, -0.25) is 14.4 Å². The van der Waals surface area contributed by atoms with Crippen LogP contribution in [0, 0.1) is 30.6 Å². The van der Waals surface area contributed by atoms with Gasteiger partial charge in [-0.25, -0.2) is 0 Å². The van der Waals surface area contributed by atoms with Crippen LogP contribution in [0.4, 0.5) is 5.69 Å². The van der Waals surface area contributed by atoms with Gasteiger partial charge in [0.15, 0.2) is 6.61 Å². The zero-order valence-electron chi connectivity index (χ0n) is 13.9. The summed E-state index contributed by atoms with van der Waals surface area (Å²) in [5, 5.41) is 3.22. The smallest absolute Gasteiger partial charge is 0.310 e. The molecule has 1 aromatic carbocycles. The molecular weight excluding hydrogens is 426 g/mol. The average molecular weight is 443 g/mol. The maximum absolute atomic E-state index is 12.5. The van der Waals surface area contributed by atoms with Crippen LogP contribution in [0.5, 0.6) is 0 Å². The van der Waals surface area contributed by atoms with E-state index in [1.165, 1.54) is 0 Å². The zero-order valence-corrected chi connectivity index (χ0v) is 16.2. The second-order valence-electron chi connectivity index (χ2n) is 7.03. The summed E-state index contributed by atoms with van der Waals surface area (Å²) < 4.78 is 10.6. The fourth-order valence-electron chi connectivity index (χ4n) is 4.46. The molecular formula is C18H17BrClNO5. The van der Waals surface area contributed by atoms with E-state index < -0.39 is 30.3 Å². The van der Waals surface area contributed by atoms with E-state index in [1.54, 1.807) is 25.1 Å². The van der Waals surface area contributed by atoms with E-state index in [1.807, 2.05) is 0 Å². The SMILES string of the molecule is Cc1c(Cl)cccc1NC(=O)COC(=O)[C@@H]1[C@H]2C[C@H]3[C@H](OC(=O)[C@@H]31)[C@H]2Br. The molecule has 1 amide bonds. The van der Waals surface area contributed by atoms with Crippen molar-refractivity contribution < 1.29 is 23.9 Å². The number of anilines is 1. The Morgan fingerprint density at radius 3 is 2.92 bits per heavy atom. The Hall–Kier alpha value is -1.60. The summed E-state index contributed by atoms with van der Waals surface area (Å²) >= 11 is 9.57. The summed E-state index contributed by atoms with van der Waals surface area (Å²) in [6.45, 7) is 1.38. The van der Waals surface area contributed by atoms with Crippen LogP contribution in [-0.4, -0.2) is 35.4 Å². The molecule has 26 heavy (non-hydrogen) atoms. The van der Waals surface area contributed by atoms with E-state index in [9.17, 15) is 14.4 Å². The van der Waals surface area contributed by atoms with Crippen LogP contribution in [0.1, 0.15) is 12.0 Å². The highest BCUT2D eigenvalue weighted by atomic mass is 79.9. The monoisotopic (exact) mass is 441 g/mol. The molecule has 8 heteroatoms. The molecule has 1 aromatic rings. The van der Waals surface area contributed by atoms with E-state index in [2.05, 4.69) is 21.2 Å². The minimum Gasteiger partial charge on any atom is -0.461 e. The molecule has 1 heterocycles. The number of benzene rings is 1. The van der Waals surface area contributed by atoms with Crippen molar-refractivity contribution in [1.29, 1.82) is 0 Å². The number of hydrogen-bond acceptors (Lipinski definition) is 5. The normalized spacial score (nSPS) is 33.9. The lowest BCUT2D eigenvalue weighted by Crippen LogP contribution is -2.39. The highest BCUT2D eigenvalue weighted by molar-refractivity contribution is 9.09. The molecule has 1 aliphatic heterocycles. The lowest BCUT2D eigenvalue weighted by Gasteiger charge is -2.26. The van der Waals surface area contributed by atoms with Crippen molar-refractivity contribution in [3.05, 3.63) is 28.8 Å². The lowest BCUT2D eigenvalue weighted by atomic mass is 9.80. The van der Waals surface area contributed by atoms with Gasteiger partial charge in [-0.2, -0.15) is 0 Å². The van der Waals surface area contributed by atoms with Crippen LogP contribution < -0.4 is 5.32 Å². The first-order valence-electron chi connectivity index (χ1n) is 8.44. The number of fused-ring (bicyclic) bond motifs is 1. The number of halogens is 2. The van der Waals surface area contributed by atoms with Crippen LogP contribution in [0.25, 0.3) is 0 Å². The highest BCUT2D eigenvalue weighted by Gasteiger charge is 2.68. The Balaban J connectivity index is 1.38. The van der Waals surface area contributed by atoms with Crippen molar-refractivity contribution in [3.63, 3.8) is 0 Å². The number of rotatable bonds is 4. The van der Waals surface area contributed by atoms with Crippen molar-refractivity contribution in [1.82, 2.24) is 0 Å². The number of carbonyl (C=O) groups excluding carboxylic acids is 3. The van der Waals surface area contributed by atoms with Gasteiger partial charge in [0.1, 0.15) is 6.10 Å². The summed E-state index contributed by atoms with van der Waals surface area (Å²) in [6, 6.07) is 5.18. The molecule has 0 aromatic heterocycles. The quantitative estimate of drug-likeness (QED) is 0.573. The molecule has 0 unspecified atom stereocenters. The second-order valence-corrected chi connectivity index (χ2v) is 8.49. The van der Waals surface area contributed by atoms with Gasteiger partial charge in [-0.05, 0) is 37.0 Å². The van der Waals surface area contributed by atoms with E-state index in [-0.39, 0.29) is 28.7 Å². The molecule has 6 atom stereocenters. The number of nitrogens with one attached hydrogen (secondary N) is 1. The maximum atomic E-state index is 12.5. The van der Waals surface area contributed by atoms with Gasteiger partial charge in [0.05, 0.1) is 16.7 Å². The minimum atomic E-state index is -0.545. The van der Waals surface area contributed by atoms with Gasteiger partial charge in [0.2, 0.25) is 0 Å². The van der Waals surface area contributed by atoms with Gasteiger partial charge in [0.25, 0.3) is 5.91 Å². The van der Waals surface area contributed by atoms with Crippen molar-refractivity contribution in [2.75, 3.05) is 11.9 Å². The number of esters is 2. The second kappa shape index (κ2) is 6.53. The van der Waals surface area contributed by atoms with Crippen LogP contribution in [0.3, 0.4) is 0 Å². The number of carbonyl (C=O) groups is 3. The zero-order chi connectivity index (χ0) is 18.6. The molecule has 4 rings (SSSR count). The van der Waals surface area contributed by atoms with Crippen molar-refractivity contribution in [3.8, 4) is 0 Å². The minimum absolute atomic E-state index is 0.00665. The first kappa shape index (κ1) is 17.8. The van der Waals surface area contributed by atoms with Crippen LogP contribution in [0.2, 0.25) is 5.02 Å². The van der Waals surface area contributed by atoms with E-state index >= 15 is 0 Å². The Bertz CT molecular complexity index is 800. The first-order chi connectivity index (χ1) is 12.4. The van der Waals surface area contributed by atoms with Crippen molar-refractivity contribution in [2.45, 2.75) is 24.3 Å². The molecule has 0 radical (unpaired) electrons. The number of amides is 1. The van der Waals surface area contributed by atoms with Crippen LogP contribution in [-0.2, 0) is 23.9 Å². The Morgan fingerprint density at radius 1 is 1.38 bits per heavy atom. The molecule has 0 spiro atoms. The van der Waals surface area contributed by atoms with Crippen molar-refractivity contribution >= 4 is 51.1 Å². The molecule has 138 valence electrons. The Labute approximate surface area is 163 Å². The third-order valence-corrected chi connectivity index (χ3v) is 7.29. The predicted molar refractivity (Wildman–Crippen MR) is 96.9 cm³/mol. The Kier molecular flexibility index (Phi) is 4.47. The average Bonchev–Trinajstić information content (AvgIpc) is 3.21. The van der Waals surface area contributed by atoms with Crippen LogP contribution >= 0.6 is 27.5 Å². The maximum Gasteiger partial charge on any atom is 0.310 e. The molecule has 3 aliphatic rings. The fourth-order valence-corrected chi connectivity index (χ4v) is 5.68. The topological polar surface area (TPSA) is 81.7 Å². The summed E-state index contributed by atoms with van der Waals surface area (Å²) in [6.07, 6.45) is 0.626. The molecule has 2 aliphatic carbocycles. The first-order valence-corrected chi connectivity index (χ1v) is 9.74. The standard InChI is InChI=1S/C18H17BrClNO5/c1-7-10(20)3-2-4-11(7)21-12(22)6-25-17(23)13-8-5-9-14(13)18(24)26-16(9)15(8)19/h2-4,8-9,13-16H,5-6H2,1H3,(H,21,22)/t8-,9-,13-,14+,15+,16+/m1/s1. The number of hydrogen-bond donors (Lipinski definition) is 1. The molecule has 1 N–H and O–H groups in total. The van der Waals surface area contributed by atoms with Gasteiger partial charge in [0, 0.05) is 16.6 Å². The predicted octanol–water partition coefficient (Wildman–Crippen LogP) is 2.70. The number of alkyl halides is 1. The van der Waals surface area contributed by atoms with E-state index in [0.29, 0.717) is 10.7 Å². The lowest BCUT2D eigenvalue weighted by molar-refractivity contribution is -0.157. The third kappa shape index (κ3) is 2.72. The third-order valence-electron chi connectivity index (χ3n) is 5.68. The summed E-state index contributed by atoms with van der Waals surface area (Å²) in [5.41, 5.74) is 1.31. The fraction of sp³-hybridized carbons (Fsp3) is 0.500. The van der Waals surface area contributed by atoms with Gasteiger partial charge in [-0.15, -0.1) is 0 Å².